The second-order valence-electron chi connectivity index (χ2n) is 5.71. The molecule has 0 saturated heterocycles. The molecule has 1 aromatic carbocycles. The number of nitrogens with zero attached hydrogens (tertiary/aromatic N) is 3. The SMILES string of the molecule is CCC(C)(CCO)NC(=O)c1nc(C)n(-c2ccc(Cl)cc2)n1. The van der Waals surface area contributed by atoms with Crippen molar-refractivity contribution >= 4 is 17.5 Å². The molecule has 1 amide bonds. The van der Waals surface area contributed by atoms with Crippen LogP contribution < -0.4 is 5.32 Å². The highest BCUT2D eigenvalue weighted by atomic mass is 35.5. The van der Waals surface area contributed by atoms with Crippen LogP contribution in [0.2, 0.25) is 5.02 Å². The summed E-state index contributed by atoms with van der Waals surface area (Å²) in [5, 5.41) is 16.9. The minimum Gasteiger partial charge on any atom is -0.396 e. The predicted octanol–water partition coefficient (Wildman–Crippen LogP) is 2.51. The summed E-state index contributed by atoms with van der Waals surface area (Å²) in [5.74, 6) is 0.367. The molecule has 0 aliphatic carbocycles. The largest absolute Gasteiger partial charge is 0.396 e. The summed E-state index contributed by atoms with van der Waals surface area (Å²) in [6.07, 6.45) is 1.18. The lowest BCUT2D eigenvalue weighted by atomic mass is 9.95. The summed E-state index contributed by atoms with van der Waals surface area (Å²) in [6.45, 7) is 5.65. The van der Waals surface area contributed by atoms with Crippen LogP contribution in [-0.2, 0) is 0 Å². The van der Waals surface area contributed by atoms with Crippen LogP contribution in [0.15, 0.2) is 24.3 Å². The van der Waals surface area contributed by atoms with Gasteiger partial charge in [0, 0.05) is 17.2 Å². The zero-order chi connectivity index (χ0) is 17.0. The van der Waals surface area contributed by atoms with E-state index in [0.717, 1.165) is 5.69 Å². The molecule has 0 aliphatic rings. The van der Waals surface area contributed by atoms with Crippen LogP contribution in [0.5, 0.6) is 0 Å². The molecular weight excluding hydrogens is 316 g/mol. The lowest BCUT2D eigenvalue weighted by molar-refractivity contribution is 0.0875. The first-order valence-corrected chi connectivity index (χ1v) is 7.89. The summed E-state index contributed by atoms with van der Waals surface area (Å²) in [6, 6.07) is 7.14. The molecule has 6 nitrogen and oxygen atoms in total. The molecule has 2 N–H and O–H groups in total. The van der Waals surface area contributed by atoms with E-state index in [-0.39, 0.29) is 18.3 Å². The third-order valence-electron chi connectivity index (χ3n) is 3.90. The number of carbonyl (C=O) groups excluding carboxylic acids is 1. The molecule has 1 heterocycles. The van der Waals surface area contributed by atoms with E-state index >= 15 is 0 Å². The van der Waals surface area contributed by atoms with Gasteiger partial charge in [0.15, 0.2) is 0 Å². The molecule has 0 radical (unpaired) electrons. The summed E-state index contributed by atoms with van der Waals surface area (Å²) >= 11 is 5.88. The zero-order valence-corrected chi connectivity index (χ0v) is 14.3. The number of hydrogen-bond acceptors (Lipinski definition) is 4. The standard InChI is InChI=1S/C16H21ClN4O2/c1-4-16(3,9-10-22)19-15(23)14-18-11(2)21(20-14)13-7-5-12(17)6-8-13/h5-8,22H,4,9-10H2,1-3H3,(H,19,23). The lowest BCUT2D eigenvalue weighted by Crippen LogP contribution is -2.46. The molecule has 1 atom stereocenters. The minimum atomic E-state index is -0.481. The molecule has 2 aromatic rings. The van der Waals surface area contributed by atoms with Gasteiger partial charge in [-0.3, -0.25) is 4.79 Å². The first kappa shape index (κ1) is 17.4. The van der Waals surface area contributed by atoms with E-state index in [2.05, 4.69) is 15.4 Å². The Labute approximate surface area is 140 Å². The van der Waals surface area contributed by atoms with Gasteiger partial charge in [0.05, 0.1) is 5.69 Å². The van der Waals surface area contributed by atoms with Gasteiger partial charge in [-0.05, 0) is 51.0 Å². The number of amides is 1. The average Bonchev–Trinajstić information content (AvgIpc) is 2.90. The van der Waals surface area contributed by atoms with E-state index in [9.17, 15) is 4.79 Å². The van der Waals surface area contributed by atoms with Gasteiger partial charge in [-0.25, -0.2) is 9.67 Å². The van der Waals surface area contributed by atoms with Crippen molar-refractivity contribution in [3.05, 3.63) is 40.9 Å². The average molecular weight is 337 g/mol. The fraction of sp³-hybridized carbons (Fsp3) is 0.438. The number of aliphatic hydroxyl groups excluding tert-OH is 1. The number of carbonyl (C=O) groups is 1. The number of aliphatic hydroxyl groups is 1. The molecule has 0 saturated carbocycles. The van der Waals surface area contributed by atoms with Crippen molar-refractivity contribution in [3.63, 3.8) is 0 Å². The topological polar surface area (TPSA) is 80.0 Å². The van der Waals surface area contributed by atoms with Gasteiger partial charge in [0.2, 0.25) is 5.82 Å². The normalized spacial score (nSPS) is 13.6. The molecule has 1 aromatic heterocycles. The minimum absolute atomic E-state index is 0.0102. The van der Waals surface area contributed by atoms with E-state index in [1.807, 2.05) is 26.0 Å². The molecule has 1 unspecified atom stereocenters. The van der Waals surface area contributed by atoms with Crippen molar-refractivity contribution < 1.29 is 9.90 Å². The van der Waals surface area contributed by atoms with E-state index in [4.69, 9.17) is 16.7 Å². The van der Waals surface area contributed by atoms with Crippen LogP contribution in [0.4, 0.5) is 0 Å². The van der Waals surface area contributed by atoms with Crippen molar-refractivity contribution in [1.82, 2.24) is 20.1 Å². The quantitative estimate of drug-likeness (QED) is 0.849. The number of hydrogen-bond donors (Lipinski definition) is 2. The smallest absolute Gasteiger partial charge is 0.291 e. The number of nitrogens with one attached hydrogen (secondary N) is 1. The molecule has 7 heteroatoms. The summed E-state index contributed by atoms with van der Waals surface area (Å²) < 4.78 is 1.60. The highest BCUT2D eigenvalue weighted by Gasteiger charge is 2.26. The summed E-state index contributed by atoms with van der Waals surface area (Å²) in [4.78, 5) is 16.6. The van der Waals surface area contributed by atoms with E-state index in [1.165, 1.54) is 0 Å². The number of rotatable bonds is 6. The fourth-order valence-corrected chi connectivity index (χ4v) is 2.34. The van der Waals surface area contributed by atoms with Crippen molar-refractivity contribution in [2.75, 3.05) is 6.61 Å². The van der Waals surface area contributed by atoms with Gasteiger partial charge < -0.3 is 10.4 Å². The second-order valence-corrected chi connectivity index (χ2v) is 6.15. The number of aryl methyl sites for hydroxylation is 1. The van der Waals surface area contributed by atoms with Crippen molar-refractivity contribution in [3.8, 4) is 5.69 Å². The van der Waals surface area contributed by atoms with E-state index < -0.39 is 5.54 Å². The number of benzene rings is 1. The van der Waals surface area contributed by atoms with Crippen LogP contribution in [0.1, 0.15) is 43.1 Å². The van der Waals surface area contributed by atoms with Gasteiger partial charge in [-0.1, -0.05) is 18.5 Å². The number of aromatic nitrogens is 3. The Bertz CT molecular complexity index is 684. The monoisotopic (exact) mass is 336 g/mol. The van der Waals surface area contributed by atoms with E-state index in [0.29, 0.717) is 23.7 Å². The Morgan fingerprint density at radius 1 is 1.39 bits per heavy atom. The predicted molar refractivity (Wildman–Crippen MR) is 89.0 cm³/mol. The first-order chi connectivity index (χ1) is 10.9. The third kappa shape index (κ3) is 4.09. The van der Waals surface area contributed by atoms with Crippen LogP contribution in [-0.4, -0.2) is 37.9 Å². The Hall–Kier alpha value is -1.92. The maximum Gasteiger partial charge on any atom is 0.291 e. The van der Waals surface area contributed by atoms with Crippen LogP contribution in [0.25, 0.3) is 5.69 Å². The molecule has 124 valence electrons. The van der Waals surface area contributed by atoms with Gasteiger partial charge in [0.25, 0.3) is 5.91 Å². The van der Waals surface area contributed by atoms with Crippen LogP contribution in [0, 0.1) is 6.92 Å². The maximum atomic E-state index is 12.4. The van der Waals surface area contributed by atoms with Crippen LogP contribution >= 0.6 is 11.6 Å². The van der Waals surface area contributed by atoms with Crippen molar-refractivity contribution in [1.29, 1.82) is 0 Å². The third-order valence-corrected chi connectivity index (χ3v) is 4.15. The first-order valence-electron chi connectivity index (χ1n) is 7.51. The summed E-state index contributed by atoms with van der Waals surface area (Å²) in [5.41, 5.74) is 0.304. The highest BCUT2D eigenvalue weighted by molar-refractivity contribution is 6.30. The lowest BCUT2D eigenvalue weighted by Gasteiger charge is -2.28. The number of halogens is 1. The zero-order valence-electron chi connectivity index (χ0n) is 13.5. The van der Waals surface area contributed by atoms with Gasteiger partial charge in [-0.15, -0.1) is 5.10 Å². The molecule has 23 heavy (non-hydrogen) atoms. The Morgan fingerprint density at radius 3 is 2.61 bits per heavy atom. The maximum absolute atomic E-state index is 12.4. The molecule has 2 rings (SSSR count). The second kappa shape index (κ2) is 7.10. The van der Waals surface area contributed by atoms with Crippen molar-refractivity contribution in [2.45, 2.75) is 39.2 Å². The van der Waals surface area contributed by atoms with E-state index in [1.54, 1.807) is 23.7 Å². The van der Waals surface area contributed by atoms with Crippen LogP contribution in [0.3, 0.4) is 0 Å². The van der Waals surface area contributed by atoms with Gasteiger partial charge in [-0.2, -0.15) is 0 Å². The molecule has 0 bridgehead atoms. The Balaban J connectivity index is 2.23. The van der Waals surface area contributed by atoms with Gasteiger partial charge in [0.1, 0.15) is 5.82 Å². The fourth-order valence-electron chi connectivity index (χ4n) is 2.22. The molecule has 0 aliphatic heterocycles. The Morgan fingerprint density at radius 2 is 2.04 bits per heavy atom. The molecular formula is C16H21ClN4O2. The highest BCUT2D eigenvalue weighted by Crippen LogP contribution is 2.16. The molecule has 0 fully saturated rings. The summed E-state index contributed by atoms with van der Waals surface area (Å²) in [7, 11) is 0. The molecule has 0 spiro atoms. The van der Waals surface area contributed by atoms with Gasteiger partial charge >= 0.3 is 0 Å². The Kier molecular flexibility index (Phi) is 5.38. The van der Waals surface area contributed by atoms with Crippen molar-refractivity contribution in [2.24, 2.45) is 0 Å².